The Bertz CT molecular complexity index is 748. The fraction of sp³-hybridized carbons (Fsp3) is 0.647. The number of carbonyl (C=O) groups excluding carboxylic acids is 2. The molecule has 10 heteroatoms. The predicted molar refractivity (Wildman–Crippen MR) is 98.8 cm³/mol. The minimum atomic E-state index is -3.62. The Morgan fingerprint density at radius 3 is 2.63 bits per heavy atom. The van der Waals surface area contributed by atoms with Crippen LogP contribution in [0.15, 0.2) is 21.7 Å². The van der Waals surface area contributed by atoms with Gasteiger partial charge in [-0.15, -0.1) is 4.31 Å². The van der Waals surface area contributed by atoms with E-state index in [4.69, 9.17) is 4.74 Å². The quantitative estimate of drug-likeness (QED) is 0.699. The summed E-state index contributed by atoms with van der Waals surface area (Å²) in [6.07, 6.45) is 2.37. The number of nitrogens with zero attached hydrogens (tertiary/aromatic N) is 3. The lowest BCUT2D eigenvalue weighted by molar-refractivity contribution is -0.136. The van der Waals surface area contributed by atoms with Gasteiger partial charge in [0.2, 0.25) is 10.1 Å². The van der Waals surface area contributed by atoms with Gasteiger partial charge in [0.15, 0.2) is 10.4 Å². The number of carbonyl (C=O) groups is 2. The van der Waals surface area contributed by atoms with Crippen molar-refractivity contribution in [1.82, 2.24) is 14.1 Å². The molecule has 2 atom stereocenters. The summed E-state index contributed by atoms with van der Waals surface area (Å²) in [6.45, 7) is 2.49. The lowest BCUT2D eigenvalue weighted by atomic mass is 10.0. The van der Waals surface area contributed by atoms with E-state index in [2.05, 4.69) is 0 Å². The fourth-order valence-corrected chi connectivity index (χ4v) is 6.92. The third-order valence-electron chi connectivity index (χ3n) is 5.56. The van der Waals surface area contributed by atoms with Crippen molar-refractivity contribution in [3.05, 3.63) is 17.5 Å². The van der Waals surface area contributed by atoms with Crippen LogP contribution in [0.25, 0.3) is 0 Å². The first kappa shape index (κ1) is 18.9. The predicted octanol–water partition coefficient (Wildman–Crippen LogP) is 1.56. The molecule has 0 aromatic carbocycles. The first-order valence-electron chi connectivity index (χ1n) is 9.26. The maximum atomic E-state index is 13.0. The molecule has 0 aliphatic carbocycles. The van der Waals surface area contributed by atoms with Crippen molar-refractivity contribution in [3.8, 4) is 0 Å². The zero-order chi connectivity index (χ0) is 19.0. The fourth-order valence-electron chi connectivity index (χ4n) is 4.15. The standard InChI is InChI=1S/C17H23N3O5S2/c21-16(18-8-5-13(6-9-18)19-10-11-25-17(19)22)14-3-1-7-20(14)27(23,24)15-4-2-12-26-15/h2,4,12-14H,1,3,5-11H2/t14-/m1/s1. The van der Waals surface area contributed by atoms with E-state index < -0.39 is 16.4 Å². The van der Waals surface area contributed by atoms with Crippen molar-refractivity contribution in [3.63, 3.8) is 0 Å². The van der Waals surface area contributed by atoms with E-state index in [9.17, 15) is 18.4 Å². The molecular formula is C17H23N3O5S2. The van der Waals surface area contributed by atoms with Crippen molar-refractivity contribution in [2.45, 2.75) is 42.0 Å². The Kier molecular flexibility index (Phi) is 5.23. The Hall–Kier alpha value is -1.49. The summed E-state index contributed by atoms with van der Waals surface area (Å²) in [7, 11) is -3.62. The van der Waals surface area contributed by atoms with Crippen LogP contribution in [-0.4, -0.2) is 75.5 Å². The van der Waals surface area contributed by atoms with E-state index >= 15 is 0 Å². The molecule has 4 rings (SSSR count). The first-order chi connectivity index (χ1) is 13.0. The Labute approximate surface area is 163 Å². The number of sulfonamides is 1. The second-order valence-electron chi connectivity index (χ2n) is 7.07. The van der Waals surface area contributed by atoms with Gasteiger partial charge >= 0.3 is 6.09 Å². The van der Waals surface area contributed by atoms with Gasteiger partial charge in [0.05, 0.1) is 6.54 Å². The van der Waals surface area contributed by atoms with Crippen LogP contribution in [0.3, 0.4) is 0 Å². The normalized spacial score (nSPS) is 27.0. The molecule has 0 saturated carbocycles. The van der Waals surface area contributed by atoms with E-state index in [-0.39, 0.29) is 22.3 Å². The van der Waals surface area contributed by atoms with Gasteiger partial charge in [-0.25, -0.2) is 4.79 Å². The van der Waals surface area contributed by atoms with Crippen molar-refractivity contribution in [2.75, 3.05) is 32.8 Å². The summed E-state index contributed by atoms with van der Waals surface area (Å²) >= 11 is 1.18. The number of hydrogen-bond acceptors (Lipinski definition) is 6. The van der Waals surface area contributed by atoms with Crippen molar-refractivity contribution in [1.29, 1.82) is 0 Å². The average molecular weight is 414 g/mol. The van der Waals surface area contributed by atoms with Crippen molar-refractivity contribution in [2.24, 2.45) is 0 Å². The van der Waals surface area contributed by atoms with Gasteiger partial charge in [-0.1, -0.05) is 15.5 Å². The molecule has 0 N–H and O–H groups in total. The van der Waals surface area contributed by atoms with Gasteiger partial charge in [0, 0.05) is 31.7 Å². The second kappa shape index (κ2) is 7.50. The second-order valence-corrected chi connectivity index (χ2v) is 10.1. The number of rotatable bonds is 4. The molecule has 148 valence electrons. The maximum Gasteiger partial charge on any atom is 0.410 e. The Balaban J connectivity index is 1.41. The largest absolute Gasteiger partial charge is 0.592 e. The van der Waals surface area contributed by atoms with Crippen LogP contribution in [0.4, 0.5) is 4.79 Å². The third kappa shape index (κ3) is 3.51. The molecule has 0 spiro atoms. The molecule has 8 nitrogen and oxygen atoms in total. The molecule has 27 heavy (non-hydrogen) atoms. The van der Waals surface area contributed by atoms with Gasteiger partial charge in [0.1, 0.15) is 12.6 Å². The molecule has 3 fully saturated rings. The number of ether oxygens (including phenoxy) is 1. The summed E-state index contributed by atoms with van der Waals surface area (Å²) in [5.41, 5.74) is 0. The van der Waals surface area contributed by atoms with Gasteiger partial charge in [0.25, 0.3) is 0 Å². The number of hydrogen-bond donors (Lipinski definition) is 0. The van der Waals surface area contributed by atoms with Crippen LogP contribution in [-0.2, 0) is 24.1 Å². The topological polar surface area (TPSA) is 93.2 Å². The number of piperidine rings is 1. The highest BCUT2D eigenvalue weighted by Gasteiger charge is 2.46. The van der Waals surface area contributed by atoms with E-state index in [0.29, 0.717) is 58.5 Å². The van der Waals surface area contributed by atoms with Crippen LogP contribution < -0.4 is 0 Å². The minimum Gasteiger partial charge on any atom is -0.592 e. The van der Waals surface area contributed by atoms with E-state index in [1.165, 1.54) is 15.6 Å². The van der Waals surface area contributed by atoms with Crippen molar-refractivity contribution < 1.29 is 23.1 Å². The number of cyclic esters (lactones) is 1. The molecule has 1 aromatic heterocycles. The molecule has 1 unspecified atom stereocenters. The third-order valence-corrected chi connectivity index (χ3v) is 8.84. The minimum absolute atomic E-state index is 0.0959. The molecule has 0 bridgehead atoms. The van der Waals surface area contributed by atoms with E-state index in [1.807, 2.05) is 0 Å². The SMILES string of the molecule is O=C([C@H]1CCCN1[S+](=O)([O-])c1cccs1)N1CCC(N2CCOC2=O)CC1. The van der Waals surface area contributed by atoms with Crippen LogP contribution in [0.5, 0.6) is 0 Å². The zero-order valence-electron chi connectivity index (χ0n) is 15.0. The molecular weight excluding hydrogens is 390 g/mol. The monoisotopic (exact) mass is 413 g/mol. The van der Waals surface area contributed by atoms with Crippen LogP contribution in [0.2, 0.25) is 0 Å². The smallest absolute Gasteiger partial charge is 0.410 e. The molecule has 0 radical (unpaired) electrons. The Morgan fingerprint density at radius 1 is 1.22 bits per heavy atom. The highest BCUT2D eigenvalue weighted by Crippen LogP contribution is 2.33. The Morgan fingerprint density at radius 2 is 2.00 bits per heavy atom. The van der Waals surface area contributed by atoms with Gasteiger partial charge < -0.3 is 19.1 Å². The summed E-state index contributed by atoms with van der Waals surface area (Å²) in [4.78, 5) is 28.2. The van der Waals surface area contributed by atoms with Gasteiger partial charge in [-0.05, 0) is 37.1 Å². The summed E-state index contributed by atoms with van der Waals surface area (Å²) in [6, 6.07) is 2.77. The first-order valence-corrected chi connectivity index (χ1v) is 11.6. The number of likely N-dealkylation sites (tertiary alicyclic amines) is 1. The van der Waals surface area contributed by atoms with Gasteiger partial charge in [-0.2, -0.15) is 0 Å². The lowest BCUT2D eigenvalue weighted by Crippen LogP contribution is -2.53. The van der Waals surface area contributed by atoms with Gasteiger partial charge in [-0.3, -0.25) is 4.79 Å². The molecule has 3 saturated heterocycles. The number of amides is 2. The molecule has 2 amide bonds. The molecule has 3 aliphatic rings. The van der Waals surface area contributed by atoms with Crippen molar-refractivity contribution >= 4 is 33.7 Å². The molecule has 4 heterocycles. The molecule has 1 aromatic rings. The molecule has 3 aliphatic heterocycles. The van der Waals surface area contributed by atoms with Crippen LogP contribution in [0, 0.1) is 0 Å². The highest BCUT2D eigenvalue weighted by atomic mass is 32.3. The zero-order valence-corrected chi connectivity index (χ0v) is 16.6. The summed E-state index contributed by atoms with van der Waals surface area (Å²) < 4.78 is 32.4. The van der Waals surface area contributed by atoms with Crippen LogP contribution >= 0.6 is 11.3 Å². The highest BCUT2D eigenvalue weighted by molar-refractivity contribution is 7.97. The van der Waals surface area contributed by atoms with E-state index in [1.54, 1.807) is 27.3 Å². The van der Waals surface area contributed by atoms with Crippen LogP contribution in [0.1, 0.15) is 25.7 Å². The maximum absolute atomic E-state index is 13.0. The summed E-state index contributed by atoms with van der Waals surface area (Å²) in [5.74, 6) is -0.116. The van der Waals surface area contributed by atoms with E-state index in [0.717, 1.165) is 0 Å². The lowest BCUT2D eigenvalue weighted by Gasteiger charge is -2.37. The summed E-state index contributed by atoms with van der Waals surface area (Å²) in [5, 5.41) is 1.73. The average Bonchev–Trinajstić information content (AvgIpc) is 3.42. The number of thiophene rings is 1.